The maximum atomic E-state index is 5.41. The molecule has 2 aromatic heterocycles. The third-order valence-corrected chi connectivity index (χ3v) is 5.15. The highest BCUT2D eigenvalue weighted by Gasteiger charge is 2.32. The summed E-state index contributed by atoms with van der Waals surface area (Å²) in [5.74, 6) is 3.77. The molecule has 24 heavy (non-hydrogen) atoms. The first-order chi connectivity index (χ1) is 11.9. The van der Waals surface area contributed by atoms with Gasteiger partial charge in [-0.05, 0) is 43.9 Å². The van der Waals surface area contributed by atoms with Crippen molar-refractivity contribution in [3.8, 4) is 0 Å². The predicted molar refractivity (Wildman–Crippen MR) is 92.2 cm³/mol. The van der Waals surface area contributed by atoms with Crippen molar-refractivity contribution in [2.45, 2.75) is 37.5 Å². The van der Waals surface area contributed by atoms with Gasteiger partial charge in [-0.2, -0.15) is 4.98 Å². The number of fused-ring (bicyclic) bond motifs is 1. The van der Waals surface area contributed by atoms with E-state index < -0.39 is 0 Å². The van der Waals surface area contributed by atoms with Crippen molar-refractivity contribution in [1.82, 2.24) is 15.1 Å². The Hall–Kier alpha value is -2.43. The molecule has 0 bridgehead atoms. The fraction of sp³-hybridized carbons (Fsp3) is 0.421. The number of benzene rings is 1. The van der Waals surface area contributed by atoms with Crippen LogP contribution in [0.15, 0.2) is 40.9 Å². The Balaban J connectivity index is 1.29. The molecule has 1 aliphatic heterocycles. The van der Waals surface area contributed by atoms with Gasteiger partial charge in [-0.1, -0.05) is 23.4 Å². The van der Waals surface area contributed by atoms with Gasteiger partial charge in [-0.25, -0.2) is 4.98 Å². The first-order valence-electron chi connectivity index (χ1n) is 8.81. The van der Waals surface area contributed by atoms with Crippen LogP contribution in [0.25, 0.3) is 10.9 Å². The normalized spacial score (nSPS) is 19.1. The first-order valence-corrected chi connectivity index (χ1v) is 8.81. The summed E-state index contributed by atoms with van der Waals surface area (Å²) >= 11 is 0. The molecule has 5 nitrogen and oxygen atoms in total. The second-order valence-corrected chi connectivity index (χ2v) is 6.89. The van der Waals surface area contributed by atoms with Crippen molar-refractivity contribution in [2.24, 2.45) is 0 Å². The highest BCUT2D eigenvalue weighted by atomic mass is 16.5. The van der Waals surface area contributed by atoms with Crippen LogP contribution in [0, 0.1) is 0 Å². The fourth-order valence-corrected chi connectivity index (χ4v) is 3.51. The largest absolute Gasteiger partial charge is 0.357 e. The van der Waals surface area contributed by atoms with Crippen molar-refractivity contribution >= 4 is 16.7 Å². The molecule has 1 saturated carbocycles. The van der Waals surface area contributed by atoms with Crippen molar-refractivity contribution in [1.29, 1.82) is 0 Å². The molecular formula is C19H20N4O. The molecular weight excluding hydrogens is 300 g/mol. The molecule has 5 heteroatoms. The summed E-state index contributed by atoms with van der Waals surface area (Å²) in [6, 6.07) is 12.6. The number of rotatable bonds is 3. The summed E-state index contributed by atoms with van der Waals surface area (Å²) in [5.41, 5.74) is 1.06. The Morgan fingerprint density at radius 1 is 0.875 bits per heavy atom. The summed E-state index contributed by atoms with van der Waals surface area (Å²) in [5, 5.41) is 5.41. The van der Waals surface area contributed by atoms with Gasteiger partial charge in [0.15, 0.2) is 5.82 Å². The summed E-state index contributed by atoms with van der Waals surface area (Å²) in [6.07, 6.45) is 4.51. The SMILES string of the molecule is c1ccc2nc(N3CCC(c4noc(C5CC5)n4)CC3)ccc2c1. The van der Waals surface area contributed by atoms with Crippen LogP contribution in [0.1, 0.15) is 49.2 Å². The van der Waals surface area contributed by atoms with Gasteiger partial charge in [-0.15, -0.1) is 0 Å². The van der Waals surface area contributed by atoms with Gasteiger partial charge in [0.05, 0.1) is 5.52 Å². The fourth-order valence-electron chi connectivity index (χ4n) is 3.51. The Bertz CT molecular complexity index is 862. The molecule has 0 spiro atoms. The number of hydrogen-bond acceptors (Lipinski definition) is 5. The number of hydrogen-bond donors (Lipinski definition) is 0. The van der Waals surface area contributed by atoms with Crippen molar-refractivity contribution in [3.63, 3.8) is 0 Å². The van der Waals surface area contributed by atoms with E-state index in [1.54, 1.807) is 0 Å². The molecule has 2 aliphatic rings. The molecule has 0 amide bonds. The third-order valence-electron chi connectivity index (χ3n) is 5.15. The molecule has 1 aliphatic carbocycles. The zero-order valence-electron chi connectivity index (χ0n) is 13.6. The van der Waals surface area contributed by atoms with Crippen LogP contribution in [0.3, 0.4) is 0 Å². The van der Waals surface area contributed by atoms with E-state index in [0.717, 1.165) is 49.0 Å². The van der Waals surface area contributed by atoms with Gasteiger partial charge in [0.1, 0.15) is 5.82 Å². The number of anilines is 1. The van der Waals surface area contributed by atoms with Crippen LogP contribution < -0.4 is 4.90 Å². The van der Waals surface area contributed by atoms with Crippen LogP contribution in [0.5, 0.6) is 0 Å². The molecule has 0 unspecified atom stereocenters. The molecule has 0 N–H and O–H groups in total. The second-order valence-electron chi connectivity index (χ2n) is 6.89. The Kier molecular flexibility index (Phi) is 3.25. The van der Waals surface area contributed by atoms with E-state index in [1.807, 2.05) is 6.07 Å². The third kappa shape index (κ3) is 2.54. The van der Waals surface area contributed by atoms with E-state index in [-0.39, 0.29) is 0 Å². The summed E-state index contributed by atoms with van der Waals surface area (Å²) in [7, 11) is 0. The van der Waals surface area contributed by atoms with E-state index in [9.17, 15) is 0 Å². The molecule has 1 aromatic carbocycles. The van der Waals surface area contributed by atoms with Crippen molar-refractivity contribution in [3.05, 3.63) is 48.1 Å². The molecule has 2 fully saturated rings. The van der Waals surface area contributed by atoms with E-state index in [1.165, 1.54) is 18.2 Å². The Morgan fingerprint density at radius 2 is 1.71 bits per heavy atom. The smallest absolute Gasteiger partial charge is 0.229 e. The van der Waals surface area contributed by atoms with Crippen molar-refractivity contribution in [2.75, 3.05) is 18.0 Å². The number of para-hydroxylation sites is 1. The number of nitrogens with zero attached hydrogens (tertiary/aromatic N) is 4. The minimum absolute atomic E-state index is 0.415. The lowest BCUT2D eigenvalue weighted by atomic mass is 9.96. The minimum Gasteiger partial charge on any atom is -0.357 e. The van der Waals surface area contributed by atoms with Gasteiger partial charge >= 0.3 is 0 Å². The number of aromatic nitrogens is 3. The second kappa shape index (κ2) is 5.58. The van der Waals surface area contributed by atoms with E-state index in [0.29, 0.717) is 11.8 Å². The average molecular weight is 320 g/mol. The molecule has 5 rings (SSSR count). The molecule has 1 saturated heterocycles. The van der Waals surface area contributed by atoms with E-state index in [4.69, 9.17) is 9.51 Å². The highest BCUT2D eigenvalue weighted by molar-refractivity contribution is 5.80. The highest BCUT2D eigenvalue weighted by Crippen LogP contribution is 2.40. The van der Waals surface area contributed by atoms with Gasteiger partial charge < -0.3 is 9.42 Å². The molecule has 122 valence electrons. The maximum absolute atomic E-state index is 5.41. The van der Waals surface area contributed by atoms with Gasteiger partial charge in [-0.3, -0.25) is 0 Å². The van der Waals surface area contributed by atoms with Gasteiger partial charge in [0, 0.05) is 30.3 Å². The van der Waals surface area contributed by atoms with E-state index in [2.05, 4.69) is 45.4 Å². The quantitative estimate of drug-likeness (QED) is 0.733. The molecule has 3 heterocycles. The number of piperidine rings is 1. The van der Waals surface area contributed by atoms with Crippen LogP contribution in [0.2, 0.25) is 0 Å². The Labute approximate surface area is 140 Å². The molecule has 0 radical (unpaired) electrons. The molecule has 0 atom stereocenters. The standard InChI is InChI=1S/C19H20N4O/c1-2-4-16-13(3-1)7-8-17(20-16)23-11-9-14(10-12-23)18-21-19(24-22-18)15-5-6-15/h1-4,7-8,14-15H,5-6,9-12H2. The van der Waals surface area contributed by atoms with Crippen LogP contribution in [-0.2, 0) is 0 Å². The Morgan fingerprint density at radius 3 is 2.54 bits per heavy atom. The van der Waals surface area contributed by atoms with E-state index >= 15 is 0 Å². The summed E-state index contributed by atoms with van der Waals surface area (Å²) in [6.45, 7) is 1.98. The topological polar surface area (TPSA) is 55.1 Å². The van der Waals surface area contributed by atoms with Gasteiger partial charge in [0.2, 0.25) is 5.89 Å². The zero-order chi connectivity index (χ0) is 15.9. The maximum Gasteiger partial charge on any atom is 0.229 e. The average Bonchev–Trinajstić information content (AvgIpc) is 3.38. The first kappa shape index (κ1) is 14.0. The monoisotopic (exact) mass is 320 g/mol. The minimum atomic E-state index is 0.415. The van der Waals surface area contributed by atoms with Crippen molar-refractivity contribution < 1.29 is 4.52 Å². The summed E-state index contributed by atoms with van der Waals surface area (Å²) in [4.78, 5) is 11.8. The molecule has 3 aromatic rings. The van der Waals surface area contributed by atoms with Crippen LogP contribution in [0.4, 0.5) is 5.82 Å². The lowest BCUT2D eigenvalue weighted by molar-refractivity contribution is 0.364. The van der Waals surface area contributed by atoms with Crippen LogP contribution >= 0.6 is 0 Å². The lowest BCUT2D eigenvalue weighted by Gasteiger charge is -2.31. The summed E-state index contributed by atoms with van der Waals surface area (Å²) < 4.78 is 5.41. The zero-order valence-corrected chi connectivity index (χ0v) is 13.6. The number of pyridine rings is 1. The van der Waals surface area contributed by atoms with Crippen LogP contribution in [-0.4, -0.2) is 28.2 Å². The predicted octanol–water partition coefficient (Wildman–Crippen LogP) is 3.88. The lowest BCUT2D eigenvalue weighted by Crippen LogP contribution is -2.33. The van der Waals surface area contributed by atoms with Gasteiger partial charge in [0.25, 0.3) is 0 Å².